The Morgan fingerprint density at radius 1 is 1.20 bits per heavy atom. The third-order valence-electron chi connectivity index (χ3n) is 7.51. The van der Waals surface area contributed by atoms with E-state index in [-0.39, 0.29) is 59.0 Å². The highest BCUT2D eigenvalue weighted by atomic mass is 32.1. The van der Waals surface area contributed by atoms with Crippen LogP contribution in [-0.2, 0) is 19.1 Å². The van der Waals surface area contributed by atoms with Gasteiger partial charge in [0, 0.05) is 49.0 Å². The number of ether oxygens (including phenoxy) is 3. The van der Waals surface area contributed by atoms with Crippen LogP contribution in [0.5, 0.6) is 5.75 Å². The predicted octanol–water partition coefficient (Wildman–Crippen LogP) is 3.33. The summed E-state index contributed by atoms with van der Waals surface area (Å²) in [5.41, 5.74) is 0. The maximum atomic E-state index is 12.9. The number of carbonyl (C=O) groups excluding carboxylic acids is 2. The number of benzene rings is 1. The van der Waals surface area contributed by atoms with Crippen LogP contribution in [0.2, 0.25) is 0 Å². The van der Waals surface area contributed by atoms with Crippen molar-refractivity contribution in [1.82, 2.24) is 4.90 Å². The van der Waals surface area contributed by atoms with Crippen molar-refractivity contribution < 1.29 is 23.8 Å². The number of thiocarbonyl (C=S) groups is 1. The van der Waals surface area contributed by atoms with Gasteiger partial charge in [-0.15, -0.1) is 0 Å². The minimum absolute atomic E-state index is 0.0819. The molecule has 0 N–H and O–H groups in total. The number of carbonyl (C=O) groups is 2. The van der Waals surface area contributed by atoms with Gasteiger partial charge in [0.05, 0.1) is 6.42 Å². The van der Waals surface area contributed by atoms with Crippen molar-refractivity contribution in [2.45, 2.75) is 57.3 Å². The average Bonchev–Trinajstić information content (AvgIpc) is 3.30. The minimum atomic E-state index is -0.231. The number of amides is 1. The average molecular weight is 430 g/mol. The number of hydrogen-bond acceptors (Lipinski definition) is 6. The van der Waals surface area contributed by atoms with Gasteiger partial charge < -0.3 is 19.1 Å². The number of para-hydroxylation sites is 1. The number of rotatable bonds is 3. The second-order valence-corrected chi connectivity index (χ2v) is 9.20. The molecular weight excluding hydrogens is 402 g/mol. The summed E-state index contributed by atoms with van der Waals surface area (Å²) in [6.45, 7) is 2.90. The molecule has 0 bridgehead atoms. The molecule has 0 unspecified atom stereocenters. The van der Waals surface area contributed by atoms with Crippen molar-refractivity contribution in [2.24, 2.45) is 23.7 Å². The summed E-state index contributed by atoms with van der Waals surface area (Å²) in [6.07, 6.45) is 3.00. The lowest BCUT2D eigenvalue weighted by Crippen LogP contribution is -2.57. The van der Waals surface area contributed by atoms with Gasteiger partial charge in [-0.05, 0) is 37.3 Å². The standard InChI is InChI=1S/C23H27NO5S/c1-2-14-20-17(28-23(30)27-13-6-4-3-5-7-13)8-9-18(25)24-11-10-15(21(20)24)16-12-19(26)29-22(14)16/h3-7,14-17,20-22H,2,8-12H2,1H3/t14-,15+,16+,17+,20+,21+,22-/m1/s1. The molecule has 7 heteroatoms. The Labute approximate surface area is 181 Å². The van der Waals surface area contributed by atoms with Crippen LogP contribution in [0.4, 0.5) is 0 Å². The van der Waals surface area contributed by atoms with Gasteiger partial charge >= 0.3 is 11.2 Å². The van der Waals surface area contributed by atoms with Crippen LogP contribution in [0.3, 0.4) is 0 Å². The largest absolute Gasteiger partial charge is 0.462 e. The highest BCUT2D eigenvalue weighted by Crippen LogP contribution is 2.54. The molecule has 5 rings (SSSR count). The maximum absolute atomic E-state index is 12.9. The highest BCUT2D eigenvalue weighted by molar-refractivity contribution is 7.79. The summed E-state index contributed by atoms with van der Waals surface area (Å²) >= 11 is 5.42. The lowest BCUT2D eigenvalue weighted by molar-refractivity contribution is -0.151. The molecule has 7 atom stereocenters. The van der Waals surface area contributed by atoms with Gasteiger partial charge in [-0.3, -0.25) is 9.59 Å². The van der Waals surface area contributed by atoms with E-state index in [1.807, 2.05) is 30.3 Å². The summed E-state index contributed by atoms with van der Waals surface area (Å²) in [5.74, 6) is 1.43. The Hall–Kier alpha value is -2.15. The third kappa shape index (κ3) is 3.27. The lowest BCUT2D eigenvalue weighted by atomic mass is 9.61. The quantitative estimate of drug-likeness (QED) is 0.542. The van der Waals surface area contributed by atoms with Crippen molar-refractivity contribution in [1.29, 1.82) is 0 Å². The second-order valence-electron chi connectivity index (χ2n) is 8.86. The Bertz CT molecular complexity index is 845. The first-order valence-corrected chi connectivity index (χ1v) is 11.4. The van der Waals surface area contributed by atoms with Crippen molar-refractivity contribution in [3.8, 4) is 5.75 Å². The molecule has 1 aliphatic carbocycles. The fourth-order valence-electron chi connectivity index (χ4n) is 6.43. The summed E-state index contributed by atoms with van der Waals surface area (Å²) in [7, 11) is 0. The zero-order chi connectivity index (χ0) is 20.8. The van der Waals surface area contributed by atoms with Crippen LogP contribution < -0.4 is 4.74 Å². The van der Waals surface area contributed by atoms with Gasteiger partial charge in [-0.2, -0.15) is 0 Å². The molecule has 30 heavy (non-hydrogen) atoms. The molecule has 0 spiro atoms. The second kappa shape index (κ2) is 7.84. The van der Waals surface area contributed by atoms with E-state index in [4.69, 9.17) is 26.4 Å². The summed E-state index contributed by atoms with van der Waals surface area (Å²) in [4.78, 5) is 27.1. The molecule has 0 aromatic heterocycles. The zero-order valence-corrected chi connectivity index (χ0v) is 17.9. The van der Waals surface area contributed by atoms with Gasteiger partial charge in [0.15, 0.2) is 0 Å². The molecule has 3 saturated heterocycles. The Kier molecular flexibility index (Phi) is 5.17. The van der Waals surface area contributed by atoms with Crippen LogP contribution in [0.15, 0.2) is 30.3 Å². The van der Waals surface area contributed by atoms with Crippen LogP contribution in [0, 0.1) is 23.7 Å². The molecule has 6 nitrogen and oxygen atoms in total. The van der Waals surface area contributed by atoms with E-state index in [0.29, 0.717) is 25.0 Å². The topological polar surface area (TPSA) is 65.1 Å². The number of nitrogens with zero attached hydrogens (tertiary/aromatic N) is 1. The van der Waals surface area contributed by atoms with E-state index < -0.39 is 0 Å². The molecule has 4 aliphatic rings. The first-order chi connectivity index (χ1) is 14.6. The Morgan fingerprint density at radius 2 is 2.00 bits per heavy atom. The van der Waals surface area contributed by atoms with Crippen molar-refractivity contribution >= 4 is 29.3 Å². The molecule has 1 amide bonds. The van der Waals surface area contributed by atoms with E-state index in [1.165, 1.54) is 0 Å². The number of hydrogen-bond donors (Lipinski definition) is 0. The lowest BCUT2D eigenvalue weighted by Gasteiger charge is -2.49. The molecule has 1 saturated carbocycles. The Morgan fingerprint density at radius 3 is 2.77 bits per heavy atom. The number of fused-ring (bicyclic) bond motifs is 2. The molecule has 4 fully saturated rings. The highest BCUT2D eigenvalue weighted by Gasteiger charge is 2.61. The zero-order valence-electron chi connectivity index (χ0n) is 17.1. The van der Waals surface area contributed by atoms with Gasteiger partial charge in [0.2, 0.25) is 5.91 Å². The fraction of sp³-hybridized carbons (Fsp3) is 0.609. The van der Waals surface area contributed by atoms with E-state index in [2.05, 4.69) is 11.8 Å². The van der Waals surface area contributed by atoms with Gasteiger partial charge in [0.1, 0.15) is 18.0 Å². The van der Waals surface area contributed by atoms with E-state index in [1.54, 1.807) is 0 Å². The third-order valence-corrected chi connectivity index (χ3v) is 7.69. The maximum Gasteiger partial charge on any atom is 0.358 e. The molecule has 1 aromatic rings. The monoisotopic (exact) mass is 429 g/mol. The number of esters is 1. The van der Waals surface area contributed by atoms with E-state index in [9.17, 15) is 9.59 Å². The predicted molar refractivity (Wildman–Crippen MR) is 113 cm³/mol. The Balaban J connectivity index is 1.44. The summed E-state index contributed by atoms with van der Waals surface area (Å²) < 4.78 is 17.8. The van der Waals surface area contributed by atoms with Crippen LogP contribution in [0.1, 0.15) is 39.0 Å². The van der Waals surface area contributed by atoms with Gasteiger partial charge in [0.25, 0.3) is 0 Å². The SMILES string of the molecule is CC[C@H]1[C@H]2OC(=O)C[C@H]2[C@@H]2CCN3C(=O)CC[C@H](OC(=S)Oc4ccccc4)[C@H]1[C@H]23. The normalized spacial score (nSPS) is 37.1. The van der Waals surface area contributed by atoms with Crippen molar-refractivity contribution in [2.75, 3.05) is 6.54 Å². The summed E-state index contributed by atoms with van der Waals surface area (Å²) in [6, 6.07) is 9.43. The fourth-order valence-corrected chi connectivity index (χ4v) is 6.65. The van der Waals surface area contributed by atoms with Crippen molar-refractivity contribution in [3.63, 3.8) is 0 Å². The van der Waals surface area contributed by atoms with Crippen LogP contribution in [-0.4, -0.2) is 46.8 Å². The molecular formula is C23H27NO5S. The molecule has 3 heterocycles. The van der Waals surface area contributed by atoms with Crippen molar-refractivity contribution in [3.05, 3.63) is 30.3 Å². The van der Waals surface area contributed by atoms with Crippen LogP contribution >= 0.6 is 12.2 Å². The van der Waals surface area contributed by atoms with E-state index >= 15 is 0 Å². The van der Waals surface area contributed by atoms with Gasteiger partial charge in [-0.25, -0.2) is 0 Å². The molecule has 160 valence electrons. The molecule has 3 aliphatic heterocycles. The van der Waals surface area contributed by atoms with Gasteiger partial charge in [-0.1, -0.05) is 25.1 Å². The first kappa shape index (κ1) is 19.8. The smallest absolute Gasteiger partial charge is 0.358 e. The molecule has 0 radical (unpaired) electrons. The first-order valence-electron chi connectivity index (χ1n) is 11.0. The van der Waals surface area contributed by atoms with Crippen LogP contribution in [0.25, 0.3) is 0 Å². The summed E-state index contributed by atoms with van der Waals surface area (Å²) in [5, 5.41) is 0.0852. The van der Waals surface area contributed by atoms with E-state index in [0.717, 1.165) is 19.4 Å². The molecule has 1 aromatic carbocycles. The minimum Gasteiger partial charge on any atom is -0.462 e.